The Balaban J connectivity index is 1.90. The molecule has 7 heteroatoms. The van der Waals surface area contributed by atoms with Crippen LogP contribution in [0.4, 0.5) is 14.5 Å². The molecule has 2 rings (SSSR count). The van der Waals surface area contributed by atoms with Gasteiger partial charge in [0.15, 0.2) is 0 Å². The zero-order chi connectivity index (χ0) is 15.4. The molecule has 0 saturated carbocycles. The maximum absolute atomic E-state index is 13.0. The lowest BCUT2D eigenvalue weighted by Gasteiger charge is -2.20. The average molecular weight is 297 g/mol. The molecular weight excluding hydrogens is 280 g/mol. The van der Waals surface area contributed by atoms with Crippen LogP contribution in [0.25, 0.3) is 0 Å². The molecule has 0 aromatic heterocycles. The van der Waals surface area contributed by atoms with E-state index in [0.29, 0.717) is 0 Å². The van der Waals surface area contributed by atoms with Crippen LogP contribution >= 0.6 is 0 Å². The van der Waals surface area contributed by atoms with Crippen LogP contribution in [0.1, 0.15) is 12.8 Å². The fraction of sp³-hybridized carbons (Fsp3) is 0.429. The Hall–Kier alpha value is -2.02. The number of likely N-dealkylation sites (N-methyl/N-ethyl adjacent to an activating group) is 1. The first kappa shape index (κ1) is 15.4. The number of anilines is 1. The van der Waals surface area contributed by atoms with Crippen molar-refractivity contribution in [3.05, 3.63) is 29.8 Å². The van der Waals surface area contributed by atoms with Crippen LogP contribution in [0.2, 0.25) is 0 Å². The first-order chi connectivity index (χ1) is 9.95. The minimum atomic E-state index is -0.773. The second-order valence-corrected chi connectivity index (χ2v) is 5.05. The summed E-state index contributed by atoms with van der Waals surface area (Å²) in [5, 5.41) is 5.42. The Morgan fingerprint density at radius 2 is 2.00 bits per heavy atom. The van der Waals surface area contributed by atoms with E-state index in [0.717, 1.165) is 37.6 Å². The predicted octanol–water partition coefficient (Wildman–Crippen LogP) is 1.11. The molecule has 0 spiro atoms. The monoisotopic (exact) mass is 297 g/mol. The van der Waals surface area contributed by atoms with Crippen LogP contribution in [0.5, 0.6) is 0 Å². The van der Waals surface area contributed by atoms with Gasteiger partial charge in [-0.1, -0.05) is 0 Å². The molecule has 1 heterocycles. The Morgan fingerprint density at radius 1 is 1.33 bits per heavy atom. The molecule has 0 bridgehead atoms. The van der Waals surface area contributed by atoms with E-state index in [9.17, 15) is 18.4 Å². The number of hydrogen-bond donors (Lipinski definition) is 2. The van der Waals surface area contributed by atoms with Crippen LogP contribution in [-0.2, 0) is 9.59 Å². The summed E-state index contributed by atoms with van der Waals surface area (Å²) in [6, 6.07) is 2.49. The van der Waals surface area contributed by atoms with E-state index in [2.05, 4.69) is 10.6 Å². The molecule has 1 atom stereocenters. The van der Waals surface area contributed by atoms with Gasteiger partial charge in [0, 0.05) is 18.8 Å². The number of carbonyl (C=O) groups is 2. The molecule has 114 valence electrons. The molecule has 5 nitrogen and oxygen atoms in total. The molecule has 1 aliphatic rings. The summed E-state index contributed by atoms with van der Waals surface area (Å²) in [5.74, 6) is -2.21. The highest BCUT2D eigenvalue weighted by atomic mass is 19.1. The molecule has 1 aromatic carbocycles. The van der Waals surface area contributed by atoms with E-state index in [1.807, 2.05) is 0 Å². The van der Waals surface area contributed by atoms with Crippen molar-refractivity contribution in [2.75, 3.05) is 25.5 Å². The highest BCUT2D eigenvalue weighted by Crippen LogP contribution is 2.13. The lowest BCUT2D eigenvalue weighted by molar-refractivity contribution is -0.134. The summed E-state index contributed by atoms with van der Waals surface area (Å²) in [5.41, 5.74) is 0.0253. The lowest BCUT2D eigenvalue weighted by atomic mass is 10.2. The van der Waals surface area contributed by atoms with Gasteiger partial charge in [0.25, 0.3) is 0 Å². The van der Waals surface area contributed by atoms with Gasteiger partial charge in [-0.15, -0.1) is 0 Å². The third-order valence-corrected chi connectivity index (χ3v) is 3.26. The maximum Gasteiger partial charge on any atom is 0.243 e. The van der Waals surface area contributed by atoms with E-state index >= 15 is 0 Å². The number of carbonyl (C=O) groups excluding carboxylic acids is 2. The van der Waals surface area contributed by atoms with Gasteiger partial charge in [0.05, 0.1) is 12.6 Å². The van der Waals surface area contributed by atoms with Gasteiger partial charge in [0.1, 0.15) is 11.6 Å². The minimum absolute atomic E-state index is 0.0253. The van der Waals surface area contributed by atoms with Crippen LogP contribution in [-0.4, -0.2) is 42.9 Å². The third-order valence-electron chi connectivity index (χ3n) is 3.26. The van der Waals surface area contributed by atoms with Crippen LogP contribution < -0.4 is 10.6 Å². The van der Waals surface area contributed by atoms with E-state index in [1.165, 1.54) is 11.9 Å². The number of amides is 2. The van der Waals surface area contributed by atoms with Crippen molar-refractivity contribution in [1.29, 1.82) is 0 Å². The lowest BCUT2D eigenvalue weighted by Crippen LogP contribution is -2.44. The normalized spacial score (nSPS) is 17.6. The van der Waals surface area contributed by atoms with Gasteiger partial charge in [-0.2, -0.15) is 0 Å². The van der Waals surface area contributed by atoms with Crippen molar-refractivity contribution < 1.29 is 18.4 Å². The van der Waals surface area contributed by atoms with Gasteiger partial charge in [-0.25, -0.2) is 8.78 Å². The summed E-state index contributed by atoms with van der Waals surface area (Å²) in [4.78, 5) is 25.1. The Bertz CT molecular complexity index is 525. The van der Waals surface area contributed by atoms with Crippen molar-refractivity contribution in [2.45, 2.75) is 18.9 Å². The summed E-state index contributed by atoms with van der Waals surface area (Å²) >= 11 is 0. The standard InChI is InChI=1S/C14H17F2N3O2/c1-19(14(21)12-3-2-4-17-12)8-13(20)18-11-6-9(15)5-10(16)7-11/h5-7,12,17H,2-4,8H2,1H3,(H,18,20). The molecule has 1 fully saturated rings. The second-order valence-electron chi connectivity index (χ2n) is 5.05. The first-order valence-corrected chi connectivity index (χ1v) is 6.70. The van der Waals surface area contributed by atoms with E-state index in [1.54, 1.807) is 0 Å². The zero-order valence-electron chi connectivity index (χ0n) is 11.7. The van der Waals surface area contributed by atoms with Crippen LogP contribution in [0.15, 0.2) is 18.2 Å². The topological polar surface area (TPSA) is 61.4 Å². The number of hydrogen-bond acceptors (Lipinski definition) is 3. The number of nitrogens with zero attached hydrogens (tertiary/aromatic N) is 1. The highest BCUT2D eigenvalue weighted by Gasteiger charge is 2.25. The summed E-state index contributed by atoms with van der Waals surface area (Å²) < 4.78 is 26.0. The molecule has 2 N–H and O–H groups in total. The van der Waals surface area contributed by atoms with Crippen molar-refractivity contribution in [3.63, 3.8) is 0 Å². The fourth-order valence-corrected chi connectivity index (χ4v) is 2.28. The molecule has 2 amide bonds. The number of benzene rings is 1. The molecule has 1 unspecified atom stereocenters. The van der Waals surface area contributed by atoms with E-state index < -0.39 is 17.5 Å². The maximum atomic E-state index is 13.0. The van der Waals surface area contributed by atoms with Gasteiger partial charge in [0.2, 0.25) is 11.8 Å². The highest BCUT2D eigenvalue weighted by molar-refractivity contribution is 5.95. The van der Waals surface area contributed by atoms with Crippen molar-refractivity contribution in [3.8, 4) is 0 Å². The van der Waals surface area contributed by atoms with Crippen molar-refractivity contribution in [2.24, 2.45) is 0 Å². The number of nitrogens with one attached hydrogen (secondary N) is 2. The van der Waals surface area contributed by atoms with Gasteiger partial charge in [-0.05, 0) is 31.5 Å². The summed E-state index contributed by atoms with van der Waals surface area (Å²) in [6.07, 6.45) is 1.68. The van der Waals surface area contributed by atoms with Crippen LogP contribution in [0.3, 0.4) is 0 Å². The van der Waals surface area contributed by atoms with Gasteiger partial charge < -0.3 is 15.5 Å². The first-order valence-electron chi connectivity index (χ1n) is 6.70. The smallest absolute Gasteiger partial charge is 0.243 e. The largest absolute Gasteiger partial charge is 0.335 e. The van der Waals surface area contributed by atoms with Gasteiger partial charge >= 0.3 is 0 Å². The Morgan fingerprint density at radius 3 is 2.57 bits per heavy atom. The average Bonchev–Trinajstić information content (AvgIpc) is 2.89. The molecule has 0 radical (unpaired) electrons. The predicted molar refractivity (Wildman–Crippen MR) is 73.6 cm³/mol. The zero-order valence-corrected chi connectivity index (χ0v) is 11.7. The molecule has 1 saturated heterocycles. The Kier molecular flexibility index (Phi) is 4.85. The van der Waals surface area contributed by atoms with Crippen molar-refractivity contribution >= 4 is 17.5 Å². The molecule has 21 heavy (non-hydrogen) atoms. The Labute approximate surface area is 121 Å². The summed E-state index contributed by atoms with van der Waals surface area (Å²) in [7, 11) is 1.52. The van der Waals surface area contributed by atoms with Gasteiger partial charge in [-0.3, -0.25) is 9.59 Å². The number of halogens is 2. The summed E-state index contributed by atoms with van der Waals surface area (Å²) in [6.45, 7) is 0.619. The molecular formula is C14H17F2N3O2. The quantitative estimate of drug-likeness (QED) is 0.875. The van der Waals surface area contributed by atoms with Crippen LogP contribution in [0, 0.1) is 11.6 Å². The van der Waals surface area contributed by atoms with E-state index in [-0.39, 0.29) is 24.2 Å². The minimum Gasteiger partial charge on any atom is -0.335 e. The van der Waals surface area contributed by atoms with E-state index in [4.69, 9.17) is 0 Å². The molecule has 1 aliphatic heterocycles. The molecule has 1 aromatic rings. The number of rotatable bonds is 4. The second kappa shape index (κ2) is 6.62. The third kappa shape index (κ3) is 4.22. The molecule has 0 aliphatic carbocycles. The SMILES string of the molecule is CN(CC(=O)Nc1cc(F)cc(F)c1)C(=O)C1CCCN1. The fourth-order valence-electron chi connectivity index (χ4n) is 2.28. The van der Waals surface area contributed by atoms with Crippen molar-refractivity contribution in [1.82, 2.24) is 10.2 Å².